The molecule has 3 aromatic rings. The summed E-state index contributed by atoms with van der Waals surface area (Å²) >= 11 is 0. The van der Waals surface area contributed by atoms with Crippen LogP contribution in [0.2, 0.25) is 0 Å². The van der Waals surface area contributed by atoms with E-state index >= 15 is 0 Å². The second-order valence-corrected chi connectivity index (χ2v) is 5.35. The van der Waals surface area contributed by atoms with Crippen LogP contribution in [0.4, 0.5) is 16.0 Å². The third-order valence-electron chi connectivity index (χ3n) is 3.75. The fourth-order valence-electron chi connectivity index (χ4n) is 2.56. The summed E-state index contributed by atoms with van der Waals surface area (Å²) in [6, 6.07) is 8.11. The molecular weight excluding hydrogens is 295 g/mol. The van der Waals surface area contributed by atoms with Crippen LogP contribution >= 0.6 is 0 Å². The van der Waals surface area contributed by atoms with Crippen LogP contribution in [0.25, 0.3) is 11.0 Å². The van der Waals surface area contributed by atoms with Crippen molar-refractivity contribution in [2.45, 2.75) is 27.3 Å². The van der Waals surface area contributed by atoms with E-state index in [4.69, 9.17) is 0 Å². The molecule has 1 aromatic carbocycles. The Balaban J connectivity index is 2.19. The lowest BCUT2D eigenvalue weighted by atomic mass is 10.2. The van der Waals surface area contributed by atoms with Crippen molar-refractivity contribution in [3.8, 4) is 0 Å². The van der Waals surface area contributed by atoms with E-state index in [1.807, 2.05) is 13.8 Å². The summed E-state index contributed by atoms with van der Waals surface area (Å²) in [6.45, 7) is 6.02. The Bertz CT molecular complexity index is 949. The summed E-state index contributed by atoms with van der Waals surface area (Å²) in [5.41, 5.74) is 2.16. The molecule has 3 rings (SSSR count). The molecule has 0 unspecified atom stereocenters. The average Bonchev–Trinajstić information content (AvgIpc) is 2.52. The number of hydrogen-bond donors (Lipinski definition) is 1. The topological polar surface area (TPSA) is 59.8 Å². The maximum Gasteiger partial charge on any atom is 0.255 e. The van der Waals surface area contributed by atoms with Gasteiger partial charge in [0.25, 0.3) is 5.56 Å². The highest BCUT2D eigenvalue weighted by atomic mass is 19.1. The zero-order chi connectivity index (χ0) is 16.6. The summed E-state index contributed by atoms with van der Waals surface area (Å²) in [5, 5.41) is 3.70. The molecule has 118 valence electrons. The van der Waals surface area contributed by atoms with Crippen molar-refractivity contribution in [2.75, 3.05) is 5.32 Å². The zero-order valence-corrected chi connectivity index (χ0v) is 13.2. The quantitative estimate of drug-likeness (QED) is 0.806. The number of aromatic nitrogens is 3. The second kappa shape index (κ2) is 5.79. The largest absolute Gasteiger partial charge is 0.322 e. The van der Waals surface area contributed by atoms with Crippen molar-refractivity contribution in [3.05, 3.63) is 57.8 Å². The number of nitrogens with zero attached hydrogens (tertiary/aromatic N) is 3. The zero-order valence-electron chi connectivity index (χ0n) is 13.2. The Hall–Kier alpha value is -2.76. The Morgan fingerprint density at radius 2 is 1.96 bits per heavy atom. The van der Waals surface area contributed by atoms with Gasteiger partial charge in [-0.2, -0.15) is 4.98 Å². The lowest BCUT2D eigenvalue weighted by Crippen LogP contribution is -2.23. The predicted molar refractivity (Wildman–Crippen MR) is 88.6 cm³/mol. The Morgan fingerprint density at radius 3 is 2.65 bits per heavy atom. The van der Waals surface area contributed by atoms with Crippen LogP contribution in [0.5, 0.6) is 0 Å². The van der Waals surface area contributed by atoms with Gasteiger partial charge in [-0.1, -0.05) is 12.1 Å². The average molecular weight is 312 g/mol. The Kier molecular flexibility index (Phi) is 3.82. The van der Waals surface area contributed by atoms with E-state index in [-0.39, 0.29) is 17.3 Å². The van der Waals surface area contributed by atoms with E-state index in [0.29, 0.717) is 23.4 Å². The first-order valence-electron chi connectivity index (χ1n) is 7.41. The summed E-state index contributed by atoms with van der Waals surface area (Å²) in [6.07, 6.45) is 0. The molecule has 6 heteroatoms. The molecular formula is C17H17FN4O. The van der Waals surface area contributed by atoms with E-state index in [0.717, 1.165) is 11.1 Å². The third kappa shape index (κ3) is 2.67. The van der Waals surface area contributed by atoms with E-state index in [9.17, 15) is 9.18 Å². The van der Waals surface area contributed by atoms with E-state index in [1.165, 1.54) is 6.07 Å². The highest BCUT2D eigenvalue weighted by Gasteiger charge is 2.12. The third-order valence-corrected chi connectivity index (χ3v) is 3.75. The number of rotatable bonds is 3. The first kappa shape index (κ1) is 15.1. The van der Waals surface area contributed by atoms with E-state index in [2.05, 4.69) is 15.3 Å². The van der Waals surface area contributed by atoms with Crippen LogP contribution in [0.3, 0.4) is 0 Å². The van der Waals surface area contributed by atoms with Gasteiger partial charge < -0.3 is 5.32 Å². The van der Waals surface area contributed by atoms with Crippen molar-refractivity contribution in [2.24, 2.45) is 0 Å². The van der Waals surface area contributed by atoms with Crippen molar-refractivity contribution in [1.82, 2.24) is 14.5 Å². The maximum absolute atomic E-state index is 13.8. The number of aryl methyl sites for hydroxylation is 3. The van der Waals surface area contributed by atoms with Gasteiger partial charge in [-0.3, -0.25) is 9.36 Å². The van der Waals surface area contributed by atoms with Crippen LogP contribution in [-0.4, -0.2) is 14.5 Å². The number of anilines is 2. The van der Waals surface area contributed by atoms with Crippen LogP contribution in [0.15, 0.2) is 35.1 Å². The number of benzene rings is 1. The van der Waals surface area contributed by atoms with Crippen molar-refractivity contribution >= 4 is 22.7 Å². The van der Waals surface area contributed by atoms with Gasteiger partial charge in [-0.05, 0) is 39.0 Å². The van der Waals surface area contributed by atoms with Gasteiger partial charge in [0.2, 0.25) is 5.95 Å². The van der Waals surface area contributed by atoms with Gasteiger partial charge in [0.05, 0.1) is 11.4 Å². The standard InChI is InChI=1S/C17H17FN4O/c1-4-22-15-12(9-10(2)16(22)23)11(3)19-17(21-15)20-14-8-6-5-7-13(14)18/h5-9H,4H2,1-3H3,(H,19,20,21). The van der Waals surface area contributed by atoms with Gasteiger partial charge >= 0.3 is 0 Å². The van der Waals surface area contributed by atoms with Crippen molar-refractivity contribution in [1.29, 1.82) is 0 Å². The molecule has 2 aromatic heterocycles. The SMILES string of the molecule is CCn1c(=O)c(C)cc2c(C)nc(Nc3ccccc3F)nc21. The van der Waals surface area contributed by atoms with Gasteiger partial charge in [0, 0.05) is 17.5 Å². The van der Waals surface area contributed by atoms with Crippen LogP contribution in [0.1, 0.15) is 18.2 Å². The highest BCUT2D eigenvalue weighted by Crippen LogP contribution is 2.21. The molecule has 1 N–H and O–H groups in total. The number of pyridine rings is 1. The van der Waals surface area contributed by atoms with Gasteiger partial charge in [-0.15, -0.1) is 0 Å². The fraction of sp³-hybridized carbons (Fsp3) is 0.235. The monoisotopic (exact) mass is 312 g/mol. The molecule has 0 aliphatic rings. The molecule has 0 saturated heterocycles. The summed E-state index contributed by atoms with van der Waals surface area (Å²) in [4.78, 5) is 21.1. The maximum atomic E-state index is 13.8. The van der Waals surface area contributed by atoms with Gasteiger partial charge in [0.1, 0.15) is 11.5 Å². The lowest BCUT2D eigenvalue weighted by Gasteiger charge is -2.13. The minimum atomic E-state index is -0.384. The molecule has 5 nitrogen and oxygen atoms in total. The van der Waals surface area contributed by atoms with Gasteiger partial charge in [-0.25, -0.2) is 9.37 Å². The molecule has 0 aliphatic heterocycles. The molecule has 0 fully saturated rings. The van der Waals surface area contributed by atoms with Gasteiger partial charge in [0.15, 0.2) is 0 Å². The molecule has 2 heterocycles. The molecule has 0 amide bonds. The van der Waals surface area contributed by atoms with Crippen LogP contribution in [0, 0.1) is 19.7 Å². The summed E-state index contributed by atoms with van der Waals surface area (Å²) in [7, 11) is 0. The van der Waals surface area contributed by atoms with Crippen LogP contribution < -0.4 is 10.9 Å². The minimum absolute atomic E-state index is 0.0741. The second-order valence-electron chi connectivity index (χ2n) is 5.35. The minimum Gasteiger partial charge on any atom is -0.322 e. The summed E-state index contributed by atoms with van der Waals surface area (Å²) in [5.74, 6) is -0.115. The summed E-state index contributed by atoms with van der Waals surface area (Å²) < 4.78 is 15.4. The molecule has 0 aliphatic carbocycles. The van der Waals surface area contributed by atoms with Crippen molar-refractivity contribution in [3.63, 3.8) is 0 Å². The van der Waals surface area contributed by atoms with E-state index < -0.39 is 0 Å². The number of nitrogens with one attached hydrogen (secondary N) is 1. The molecule has 0 radical (unpaired) electrons. The Labute approximate surface area is 132 Å². The highest BCUT2D eigenvalue weighted by molar-refractivity contribution is 5.80. The Morgan fingerprint density at radius 1 is 1.22 bits per heavy atom. The molecule has 0 saturated carbocycles. The smallest absolute Gasteiger partial charge is 0.255 e. The van der Waals surface area contributed by atoms with Crippen LogP contribution in [-0.2, 0) is 6.54 Å². The first-order valence-corrected chi connectivity index (χ1v) is 7.41. The first-order chi connectivity index (χ1) is 11.0. The number of para-hydroxylation sites is 1. The normalized spacial score (nSPS) is 11.0. The molecule has 23 heavy (non-hydrogen) atoms. The molecule has 0 bridgehead atoms. The van der Waals surface area contributed by atoms with Crippen molar-refractivity contribution < 1.29 is 4.39 Å². The molecule has 0 spiro atoms. The molecule has 0 atom stereocenters. The predicted octanol–water partition coefficient (Wildman–Crippen LogP) is 3.31. The van der Waals surface area contributed by atoms with E-state index in [1.54, 1.807) is 35.8 Å². The number of halogens is 1. The number of fused-ring (bicyclic) bond motifs is 1. The number of hydrogen-bond acceptors (Lipinski definition) is 4. The fourth-order valence-corrected chi connectivity index (χ4v) is 2.56. The lowest BCUT2D eigenvalue weighted by molar-refractivity contribution is 0.631.